The Morgan fingerprint density at radius 2 is 2.00 bits per heavy atom. The molecule has 0 aromatic heterocycles. The largest absolute Gasteiger partial charge is 0.318 e. The van der Waals surface area contributed by atoms with E-state index in [9.17, 15) is 10.1 Å². The summed E-state index contributed by atoms with van der Waals surface area (Å²) in [6.07, 6.45) is 0.872. The molecule has 2 rings (SSSR count). The molecule has 4 heteroatoms. The van der Waals surface area contributed by atoms with E-state index in [2.05, 4.69) is 31.7 Å². The number of carbonyl (C=O) groups is 1. The lowest BCUT2D eigenvalue weighted by Crippen LogP contribution is -2.30. The van der Waals surface area contributed by atoms with E-state index in [1.807, 2.05) is 32.3 Å². The van der Waals surface area contributed by atoms with Crippen LogP contribution in [0.25, 0.3) is 0 Å². The Hall–Kier alpha value is -1.86. The molecule has 1 amide bonds. The predicted molar refractivity (Wildman–Crippen MR) is 87.7 cm³/mol. The second-order valence-electron chi connectivity index (χ2n) is 7.24. The van der Waals surface area contributed by atoms with Crippen molar-refractivity contribution in [3.05, 3.63) is 34.9 Å². The summed E-state index contributed by atoms with van der Waals surface area (Å²) in [5, 5.41) is 9.55. The normalized spacial score (nSPS) is 17.8. The van der Waals surface area contributed by atoms with E-state index in [-0.39, 0.29) is 11.3 Å². The molecule has 1 atom stereocenters. The van der Waals surface area contributed by atoms with Crippen molar-refractivity contribution in [3.8, 4) is 6.07 Å². The zero-order valence-corrected chi connectivity index (χ0v) is 14.2. The average molecular weight is 299 g/mol. The van der Waals surface area contributed by atoms with Crippen LogP contribution in [0, 0.1) is 11.3 Å². The van der Waals surface area contributed by atoms with E-state index in [0.29, 0.717) is 12.1 Å². The summed E-state index contributed by atoms with van der Waals surface area (Å²) in [4.78, 5) is 16.4. The number of hydrogen-bond acceptors (Lipinski definition) is 3. The Balaban J connectivity index is 2.28. The lowest BCUT2D eigenvalue weighted by molar-refractivity contribution is 0.0752. The number of nitrogens with zero attached hydrogens (tertiary/aromatic N) is 3. The van der Waals surface area contributed by atoms with Crippen molar-refractivity contribution in [3.63, 3.8) is 0 Å². The highest BCUT2D eigenvalue weighted by atomic mass is 16.2. The molecule has 0 fully saturated rings. The van der Waals surface area contributed by atoms with Gasteiger partial charge in [0.25, 0.3) is 5.91 Å². The van der Waals surface area contributed by atoms with Crippen molar-refractivity contribution in [2.75, 3.05) is 27.2 Å². The molecule has 0 saturated heterocycles. The molecule has 1 aliphatic rings. The van der Waals surface area contributed by atoms with E-state index < -0.39 is 6.04 Å². The van der Waals surface area contributed by atoms with Crippen molar-refractivity contribution in [1.29, 1.82) is 5.26 Å². The third kappa shape index (κ3) is 3.15. The summed E-state index contributed by atoms with van der Waals surface area (Å²) >= 11 is 0. The maximum absolute atomic E-state index is 12.6. The minimum absolute atomic E-state index is 0.0103. The second kappa shape index (κ2) is 6.10. The van der Waals surface area contributed by atoms with E-state index in [1.54, 1.807) is 4.90 Å². The number of fused-ring (bicyclic) bond motifs is 1. The molecule has 0 spiro atoms. The molecule has 1 aromatic carbocycles. The zero-order chi connectivity index (χ0) is 16.5. The highest BCUT2D eigenvalue weighted by Gasteiger charge is 2.37. The van der Waals surface area contributed by atoms with Gasteiger partial charge >= 0.3 is 0 Å². The number of rotatable bonds is 4. The van der Waals surface area contributed by atoms with Gasteiger partial charge < -0.3 is 9.80 Å². The van der Waals surface area contributed by atoms with E-state index >= 15 is 0 Å². The Morgan fingerprint density at radius 3 is 2.55 bits per heavy atom. The quantitative estimate of drug-likeness (QED) is 0.858. The molecule has 0 saturated carbocycles. The van der Waals surface area contributed by atoms with Gasteiger partial charge in [0.1, 0.15) is 6.04 Å². The monoisotopic (exact) mass is 299 g/mol. The number of hydrogen-bond donors (Lipinski definition) is 0. The first-order valence-corrected chi connectivity index (χ1v) is 7.75. The fourth-order valence-corrected chi connectivity index (χ4v) is 2.82. The van der Waals surface area contributed by atoms with E-state index in [1.165, 1.54) is 0 Å². The van der Waals surface area contributed by atoms with Gasteiger partial charge in [-0.05, 0) is 44.1 Å². The maximum Gasteiger partial charge on any atom is 0.255 e. The molecule has 4 nitrogen and oxygen atoms in total. The van der Waals surface area contributed by atoms with Crippen LogP contribution in [0.1, 0.15) is 54.7 Å². The van der Waals surface area contributed by atoms with Crippen LogP contribution in [-0.2, 0) is 5.41 Å². The summed E-state index contributed by atoms with van der Waals surface area (Å²) in [5.74, 6) is -0.0132. The fourth-order valence-electron chi connectivity index (χ4n) is 2.82. The SMILES string of the molecule is CN(C)CCCN1C(=O)c2ccc(C(C)(C)C)cc2C1C#N. The van der Waals surface area contributed by atoms with Crippen molar-refractivity contribution in [2.24, 2.45) is 0 Å². The summed E-state index contributed by atoms with van der Waals surface area (Å²) in [5.41, 5.74) is 2.72. The highest BCUT2D eigenvalue weighted by molar-refractivity contribution is 5.99. The summed E-state index contributed by atoms with van der Waals surface area (Å²) in [6, 6.07) is 7.78. The predicted octanol–water partition coefficient (Wildman–Crippen LogP) is 2.96. The Morgan fingerprint density at radius 1 is 1.32 bits per heavy atom. The van der Waals surface area contributed by atoms with Crippen molar-refractivity contribution < 1.29 is 4.79 Å². The number of carbonyl (C=O) groups excluding carboxylic acids is 1. The minimum Gasteiger partial charge on any atom is -0.318 e. The van der Waals surface area contributed by atoms with Crippen LogP contribution in [0.15, 0.2) is 18.2 Å². The number of benzene rings is 1. The van der Waals surface area contributed by atoms with Crippen LogP contribution in [0.2, 0.25) is 0 Å². The van der Waals surface area contributed by atoms with Gasteiger partial charge in [-0.15, -0.1) is 0 Å². The lowest BCUT2D eigenvalue weighted by atomic mass is 9.85. The van der Waals surface area contributed by atoms with Gasteiger partial charge in [-0.25, -0.2) is 0 Å². The second-order valence-corrected chi connectivity index (χ2v) is 7.24. The van der Waals surface area contributed by atoms with Crippen LogP contribution >= 0.6 is 0 Å². The summed E-state index contributed by atoms with van der Waals surface area (Å²) in [6.45, 7) is 7.95. The van der Waals surface area contributed by atoms with Gasteiger partial charge in [0.05, 0.1) is 6.07 Å². The van der Waals surface area contributed by atoms with Gasteiger partial charge in [0, 0.05) is 17.7 Å². The average Bonchev–Trinajstić information content (AvgIpc) is 2.70. The Labute approximate surface area is 133 Å². The molecule has 118 valence electrons. The molecule has 0 radical (unpaired) electrons. The minimum atomic E-state index is -0.452. The molecule has 0 aliphatic carbocycles. The molecular formula is C18H25N3O. The number of nitriles is 1. The molecule has 0 N–H and O–H groups in total. The molecule has 0 bridgehead atoms. The molecule has 1 aliphatic heterocycles. The third-order valence-electron chi connectivity index (χ3n) is 4.14. The highest BCUT2D eigenvalue weighted by Crippen LogP contribution is 2.36. The summed E-state index contributed by atoms with van der Waals surface area (Å²) in [7, 11) is 4.02. The van der Waals surface area contributed by atoms with Crippen LogP contribution in [0.4, 0.5) is 0 Å². The van der Waals surface area contributed by atoms with Gasteiger partial charge in [-0.2, -0.15) is 5.26 Å². The van der Waals surface area contributed by atoms with Crippen LogP contribution in [0.3, 0.4) is 0 Å². The van der Waals surface area contributed by atoms with Crippen molar-refractivity contribution in [1.82, 2.24) is 9.80 Å². The smallest absolute Gasteiger partial charge is 0.255 e. The first-order valence-electron chi connectivity index (χ1n) is 7.75. The van der Waals surface area contributed by atoms with Gasteiger partial charge in [0.15, 0.2) is 0 Å². The lowest BCUT2D eigenvalue weighted by Gasteiger charge is -2.22. The molecule has 1 unspecified atom stereocenters. The van der Waals surface area contributed by atoms with Crippen LogP contribution in [0.5, 0.6) is 0 Å². The zero-order valence-electron chi connectivity index (χ0n) is 14.2. The molecule has 1 heterocycles. The summed E-state index contributed by atoms with van der Waals surface area (Å²) < 4.78 is 0. The first kappa shape index (κ1) is 16.5. The number of amides is 1. The van der Waals surface area contributed by atoms with E-state index in [0.717, 1.165) is 24.1 Å². The van der Waals surface area contributed by atoms with Gasteiger partial charge in [-0.3, -0.25) is 4.79 Å². The maximum atomic E-state index is 12.6. The topological polar surface area (TPSA) is 47.3 Å². The van der Waals surface area contributed by atoms with Crippen molar-refractivity contribution >= 4 is 5.91 Å². The standard InChI is InChI=1S/C18H25N3O/c1-18(2,3)13-7-8-14-15(11-13)16(12-19)21(17(14)22)10-6-9-20(4)5/h7-8,11,16H,6,9-10H2,1-5H3. The van der Waals surface area contributed by atoms with E-state index in [4.69, 9.17) is 0 Å². The fraction of sp³-hybridized carbons (Fsp3) is 0.556. The first-order chi connectivity index (χ1) is 10.3. The Bertz CT molecular complexity index is 608. The third-order valence-corrected chi connectivity index (χ3v) is 4.14. The van der Waals surface area contributed by atoms with Gasteiger partial charge in [0.2, 0.25) is 0 Å². The van der Waals surface area contributed by atoms with Crippen LogP contribution < -0.4 is 0 Å². The molecule has 1 aromatic rings. The molecule has 22 heavy (non-hydrogen) atoms. The van der Waals surface area contributed by atoms with Crippen LogP contribution in [-0.4, -0.2) is 42.9 Å². The van der Waals surface area contributed by atoms with Gasteiger partial charge in [-0.1, -0.05) is 32.9 Å². The molecular weight excluding hydrogens is 274 g/mol. The Kier molecular flexibility index (Phi) is 4.58. The van der Waals surface area contributed by atoms with Crippen molar-refractivity contribution in [2.45, 2.75) is 38.6 Å².